The third-order valence-corrected chi connectivity index (χ3v) is 7.83. The van der Waals surface area contributed by atoms with Crippen molar-refractivity contribution in [2.75, 3.05) is 13.2 Å². The number of carbonyl (C=O) groups excluding carboxylic acids is 2. The first-order valence-corrected chi connectivity index (χ1v) is 15.4. The van der Waals surface area contributed by atoms with Gasteiger partial charge >= 0.3 is 12.1 Å². The second kappa shape index (κ2) is 13.1. The van der Waals surface area contributed by atoms with Gasteiger partial charge in [0.05, 0.1) is 24.0 Å². The van der Waals surface area contributed by atoms with Gasteiger partial charge in [-0.2, -0.15) is 0 Å². The standard InChI is InChI=1S/C37H36FN5O4/c1-23-16-25(12-14-31(23)38)33-30(9-7-15-39-33)26-11-13-28-20-41-34(43(28)21-26)35(44)46-22-24(18-42-36(45)47-37(2,3)4)17-27-19-40-32-10-6-5-8-29(27)32/h5-16,19-21,24,40H,17-18,22H2,1-4H3,(H,42,45). The second-order valence-electron chi connectivity index (χ2n) is 12.6. The number of nitrogens with one attached hydrogen (secondary N) is 2. The van der Waals surface area contributed by atoms with Crippen LogP contribution < -0.4 is 5.32 Å². The average molecular weight is 634 g/mol. The molecule has 240 valence electrons. The first-order chi connectivity index (χ1) is 22.6. The molecule has 0 radical (unpaired) electrons. The third kappa shape index (κ3) is 7.17. The maximum Gasteiger partial charge on any atom is 0.407 e. The number of amides is 1. The van der Waals surface area contributed by atoms with E-state index < -0.39 is 17.7 Å². The summed E-state index contributed by atoms with van der Waals surface area (Å²) in [5.74, 6) is -0.997. The minimum Gasteiger partial charge on any atom is -0.459 e. The van der Waals surface area contributed by atoms with E-state index in [0.717, 1.165) is 33.2 Å². The number of aryl methyl sites for hydroxylation is 1. The van der Waals surface area contributed by atoms with Crippen LogP contribution in [0, 0.1) is 18.7 Å². The zero-order chi connectivity index (χ0) is 33.1. The number of rotatable bonds is 9. The number of halogens is 1. The van der Waals surface area contributed by atoms with Crippen LogP contribution in [-0.4, -0.2) is 50.2 Å². The van der Waals surface area contributed by atoms with Crippen LogP contribution in [0.3, 0.4) is 0 Å². The zero-order valence-electron chi connectivity index (χ0n) is 26.7. The van der Waals surface area contributed by atoms with Crippen molar-refractivity contribution in [2.24, 2.45) is 5.92 Å². The minimum atomic E-state index is -0.641. The molecule has 2 aromatic carbocycles. The van der Waals surface area contributed by atoms with E-state index in [1.165, 1.54) is 6.07 Å². The molecule has 1 amide bonds. The van der Waals surface area contributed by atoms with Crippen LogP contribution >= 0.6 is 0 Å². The van der Waals surface area contributed by atoms with Crippen molar-refractivity contribution in [3.05, 3.63) is 114 Å². The van der Waals surface area contributed by atoms with Crippen molar-refractivity contribution in [3.63, 3.8) is 0 Å². The molecule has 0 spiro atoms. The number of benzene rings is 2. The molecule has 47 heavy (non-hydrogen) atoms. The van der Waals surface area contributed by atoms with E-state index in [-0.39, 0.29) is 30.7 Å². The molecule has 0 bridgehead atoms. The van der Waals surface area contributed by atoms with Crippen molar-refractivity contribution < 1.29 is 23.5 Å². The molecule has 0 saturated heterocycles. The van der Waals surface area contributed by atoms with Crippen LogP contribution in [0.25, 0.3) is 38.8 Å². The maximum atomic E-state index is 14.0. The van der Waals surface area contributed by atoms with Crippen molar-refractivity contribution >= 4 is 28.5 Å². The third-order valence-electron chi connectivity index (χ3n) is 7.83. The van der Waals surface area contributed by atoms with Crippen molar-refractivity contribution in [2.45, 2.75) is 39.7 Å². The Labute approximate surface area is 271 Å². The number of hydrogen-bond acceptors (Lipinski definition) is 6. The number of aromatic nitrogens is 4. The lowest BCUT2D eigenvalue weighted by Gasteiger charge is -2.22. The molecule has 6 rings (SSSR count). The van der Waals surface area contributed by atoms with Gasteiger partial charge in [-0.25, -0.2) is 19.0 Å². The van der Waals surface area contributed by atoms with Gasteiger partial charge in [0.2, 0.25) is 5.82 Å². The fraction of sp³-hybridized carbons (Fsp3) is 0.243. The van der Waals surface area contributed by atoms with Crippen LogP contribution in [0.15, 0.2) is 91.5 Å². The van der Waals surface area contributed by atoms with Crippen molar-refractivity contribution in [3.8, 4) is 22.4 Å². The highest BCUT2D eigenvalue weighted by atomic mass is 19.1. The van der Waals surface area contributed by atoms with Crippen LogP contribution in [0.5, 0.6) is 0 Å². The molecule has 10 heteroatoms. The maximum absolute atomic E-state index is 14.0. The Morgan fingerprint density at radius 2 is 1.83 bits per heavy atom. The highest BCUT2D eigenvalue weighted by Crippen LogP contribution is 2.31. The fourth-order valence-electron chi connectivity index (χ4n) is 5.56. The van der Waals surface area contributed by atoms with E-state index in [2.05, 4.69) is 20.3 Å². The predicted molar refractivity (Wildman–Crippen MR) is 179 cm³/mol. The number of esters is 1. The largest absolute Gasteiger partial charge is 0.459 e. The predicted octanol–water partition coefficient (Wildman–Crippen LogP) is 7.53. The van der Waals surface area contributed by atoms with Gasteiger partial charge in [-0.3, -0.25) is 9.38 Å². The Morgan fingerprint density at radius 3 is 2.64 bits per heavy atom. The van der Waals surface area contributed by atoms with Gasteiger partial charge in [0.25, 0.3) is 0 Å². The van der Waals surface area contributed by atoms with Crippen LogP contribution in [0.2, 0.25) is 0 Å². The molecule has 0 aliphatic heterocycles. The number of aromatic amines is 1. The molecule has 4 heterocycles. The quantitative estimate of drug-likeness (QED) is 0.159. The molecule has 6 aromatic rings. The Hall–Kier alpha value is -5.51. The Morgan fingerprint density at radius 1 is 1.02 bits per heavy atom. The lowest BCUT2D eigenvalue weighted by atomic mass is 9.99. The topological polar surface area (TPSA) is 111 Å². The van der Waals surface area contributed by atoms with Crippen molar-refractivity contribution in [1.29, 1.82) is 0 Å². The second-order valence-corrected chi connectivity index (χ2v) is 12.6. The van der Waals surface area contributed by atoms with Gasteiger partial charge in [-0.1, -0.05) is 30.3 Å². The minimum absolute atomic E-state index is 0.0411. The number of ether oxygens (including phenoxy) is 2. The Balaban J connectivity index is 1.23. The summed E-state index contributed by atoms with van der Waals surface area (Å²) >= 11 is 0. The number of hydrogen-bond donors (Lipinski definition) is 2. The Bertz CT molecular complexity index is 2080. The lowest BCUT2D eigenvalue weighted by molar-refractivity contribution is 0.0403. The molecule has 9 nitrogen and oxygen atoms in total. The highest BCUT2D eigenvalue weighted by Gasteiger charge is 2.22. The first kappa shape index (κ1) is 31.5. The number of carbonyl (C=O) groups is 2. The number of pyridine rings is 2. The van der Waals surface area contributed by atoms with Gasteiger partial charge in [-0.05, 0) is 81.6 Å². The number of imidazole rings is 1. The van der Waals surface area contributed by atoms with Gasteiger partial charge in [0.1, 0.15) is 11.4 Å². The smallest absolute Gasteiger partial charge is 0.407 e. The van der Waals surface area contributed by atoms with E-state index in [4.69, 9.17) is 9.47 Å². The van der Waals surface area contributed by atoms with Crippen molar-refractivity contribution in [1.82, 2.24) is 24.7 Å². The highest BCUT2D eigenvalue weighted by molar-refractivity contribution is 5.88. The molecule has 4 aromatic heterocycles. The average Bonchev–Trinajstić information content (AvgIpc) is 3.66. The van der Waals surface area contributed by atoms with Crippen LogP contribution in [0.1, 0.15) is 42.5 Å². The summed E-state index contributed by atoms with van der Waals surface area (Å²) in [7, 11) is 0. The summed E-state index contributed by atoms with van der Waals surface area (Å²) in [5.41, 5.74) is 5.75. The summed E-state index contributed by atoms with van der Waals surface area (Å²) in [6, 6.07) is 20.5. The SMILES string of the molecule is Cc1cc(-c2ncccc2-c2ccc3cnc(C(=O)OCC(CNC(=O)OC(C)(C)C)Cc4c[nH]c5ccccc45)n3c2)ccc1F. The van der Waals surface area contributed by atoms with E-state index in [1.807, 2.05) is 60.9 Å². The van der Waals surface area contributed by atoms with Crippen LogP contribution in [0.4, 0.5) is 9.18 Å². The molecule has 2 N–H and O–H groups in total. The number of nitrogens with zero attached hydrogens (tertiary/aromatic N) is 3. The monoisotopic (exact) mass is 633 g/mol. The van der Waals surface area contributed by atoms with Gasteiger partial charge < -0.3 is 19.8 Å². The molecule has 0 saturated carbocycles. The summed E-state index contributed by atoms with van der Waals surface area (Å²) in [6.07, 6.45) is 7.08. The molecular weight excluding hydrogens is 597 g/mol. The summed E-state index contributed by atoms with van der Waals surface area (Å²) < 4.78 is 27.0. The fourth-order valence-corrected chi connectivity index (χ4v) is 5.56. The molecule has 0 fully saturated rings. The normalized spacial score (nSPS) is 12.3. The van der Waals surface area contributed by atoms with Gasteiger partial charge in [0.15, 0.2) is 0 Å². The zero-order valence-corrected chi connectivity index (χ0v) is 26.7. The number of H-pyrrole nitrogens is 1. The Kier molecular flexibility index (Phi) is 8.76. The lowest BCUT2D eigenvalue weighted by Crippen LogP contribution is -2.37. The van der Waals surface area contributed by atoms with Gasteiger partial charge in [-0.15, -0.1) is 0 Å². The van der Waals surface area contributed by atoms with E-state index in [9.17, 15) is 14.0 Å². The number of para-hydroxylation sites is 1. The number of alkyl carbamates (subject to hydrolysis) is 1. The van der Waals surface area contributed by atoms with E-state index >= 15 is 0 Å². The molecule has 0 aliphatic rings. The van der Waals surface area contributed by atoms with E-state index in [0.29, 0.717) is 23.2 Å². The molecule has 1 atom stereocenters. The van der Waals surface area contributed by atoms with E-state index in [1.54, 1.807) is 56.6 Å². The molecular formula is C37H36FN5O4. The summed E-state index contributed by atoms with van der Waals surface area (Å²) in [4.78, 5) is 38.2. The van der Waals surface area contributed by atoms with Gasteiger partial charge in [0, 0.05) is 58.6 Å². The van der Waals surface area contributed by atoms with Crippen LogP contribution in [-0.2, 0) is 15.9 Å². The summed E-state index contributed by atoms with van der Waals surface area (Å²) in [5, 5.41) is 3.90. The number of fused-ring (bicyclic) bond motifs is 2. The first-order valence-electron chi connectivity index (χ1n) is 15.4. The molecule has 1 unspecified atom stereocenters. The molecule has 0 aliphatic carbocycles. The summed E-state index contributed by atoms with van der Waals surface area (Å²) in [6.45, 7) is 7.40.